The third kappa shape index (κ3) is 2.71. The van der Waals surface area contributed by atoms with E-state index in [-0.39, 0.29) is 6.42 Å². The third-order valence-electron chi connectivity index (χ3n) is 4.03. The van der Waals surface area contributed by atoms with Gasteiger partial charge in [-0.15, -0.1) is 0 Å². The number of hydrogen-bond acceptors (Lipinski definition) is 2. The van der Waals surface area contributed by atoms with Crippen LogP contribution in [0.3, 0.4) is 0 Å². The number of carbonyl (C=O) groups is 1. The normalized spacial score (nSPS) is 35.7. The van der Waals surface area contributed by atoms with Gasteiger partial charge in [0, 0.05) is 18.5 Å². The molecule has 0 aliphatic heterocycles. The Bertz CT molecular complexity index is 242. The van der Waals surface area contributed by atoms with Crippen LogP contribution in [0, 0.1) is 11.8 Å². The highest BCUT2D eigenvalue weighted by atomic mass is 16.4. The Morgan fingerprint density at radius 1 is 1.47 bits per heavy atom. The van der Waals surface area contributed by atoms with Crippen molar-refractivity contribution in [2.24, 2.45) is 11.8 Å². The molecule has 4 atom stereocenters. The predicted octanol–water partition coefficient (Wildman–Crippen LogP) is 2.02. The fraction of sp³-hybridized carbons (Fsp3) is 0.917. The first-order valence-electron chi connectivity index (χ1n) is 6.13. The number of aliphatic carboxylic acids is 1. The molecule has 3 nitrogen and oxygen atoms in total. The minimum atomic E-state index is -0.684. The highest BCUT2D eigenvalue weighted by molar-refractivity contribution is 5.66. The van der Waals surface area contributed by atoms with Crippen LogP contribution >= 0.6 is 0 Å². The molecular weight excluding hydrogens is 190 g/mol. The highest BCUT2D eigenvalue weighted by Gasteiger charge is 2.39. The lowest BCUT2D eigenvalue weighted by Crippen LogP contribution is -2.40. The number of carboxylic acid groups (broad SMARTS) is 1. The first-order chi connectivity index (χ1) is 7.15. The number of fused-ring (bicyclic) bond motifs is 2. The Labute approximate surface area is 91.2 Å². The number of rotatable bonds is 5. The topological polar surface area (TPSA) is 49.3 Å². The molecule has 2 saturated carbocycles. The van der Waals surface area contributed by atoms with Crippen molar-refractivity contribution in [3.63, 3.8) is 0 Å². The summed E-state index contributed by atoms with van der Waals surface area (Å²) in [5, 5.41) is 12.2. The van der Waals surface area contributed by atoms with E-state index in [1.165, 1.54) is 25.7 Å². The van der Waals surface area contributed by atoms with Gasteiger partial charge in [-0.2, -0.15) is 0 Å². The van der Waals surface area contributed by atoms with Crippen LogP contribution in [0.15, 0.2) is 0 Å². The van der Waals surface area contributed by atoms with Crippen LogP contribution in [0.5, 0.6) is 0 Å². The van der Waals surface area contributed by atoms with Crippen LogP contribution in [-0.4, -0.2) is 23.2 Å². The molecule has 2 rings (SSSR count). The van der Waals surface area contributed by atoms with Crippen molar-refractivity contribution in [3.8, 4) is 0 Å². The van der Waals surface area contributed by atoms with Crippen LogP contribution in [0.2, 0.25) is 0 Å². The number of nitrogens with one attached hydrogen (secondary N) is 1. The molecule has 0 aromatic rings. The Balaban J connectivity index is 1.70. The summed E-state index contributed by atoms with van der Waals surface area (Å²) in [6.07, 6.45) is 6.57. The quantitative estimate of drug-likeness (QED) is 0.731. The maximum absolute atomic E-state index is 10.4. The van der Waals surface area contributed by atoms with E-state index in [1.54, 1.807) is 0 Å². The zero-order valence-electron chi connectivity index (χ0n) is 9.41. The average Bonchev–Trinajstić information content (AvgIpc) is 2.76. The molecule has 0 heterocycles. The van der Waals surface area contributed by atoms with Crippen LogP contribution in [0.4, 0.5) is 0 Å². The summed E-state index contributed by atoms with van der Waals surface area (Å²) in [4.78, 5) is 10.4. The van der Waals surface area contributed by atoms with Crippen molar-refractivity contribution < 1.29 is 9.90 Å². The Morgan fingerprint density at radius 3 is 2.80 bits per heavy atom. The third-order valence-corrected chi connectivity index (χ3v) is 4.03. The lowest BCUT2D eigenvalue weighted by molar-refractivity contribution is -0.137. The molecular formula is C12H21NO2. The van der Waals surface area contributed by atoms with Gasteiger partial charge in [0.1, 0.15) is 0 Å². The van der Waals surface area contributed by atoms with Gasteiger partial charge in [-0.05, 0) is 44.4 Å². The largest absolute Gasteiger partial charge is 0.481 e. The molecule has 0 saturated heterocycles. The first-order valence-corrected chi connectivity index (χ1v) is 6.13. The molecule has 2 aliphatic rings. The van der Waals surface area contributed by atoms with Crippen molar-refractivity contribution in [3.05, 3.63) is 0 Å². The van der Waals surface area contributed by atoms with Gasteiger partial charge in [-0.1, -0.05) is 6.42 Å². The van der Waals surface area contributed by atoms with E-state index in [9.17, 15) is 4.79 Å². The van der Waals surface area contributed by atoms with E-state index < -0.39 is 5.97 Å². The van der Waals surface area contributed by atoms with E-state index in [4.69, 9.17) is 5.11 Å². The van der Waals surface area contributed by atoms with Crippen molar-refractivity contribution in [1.29, 1.82) is 0 Å². The lowest BCUT2D eigenvalue weighted by Gasteiger charge is -2.26. The molecule has 0 aromatic heterocycles. The molecule has 4 unspecified atom stereocenters. The lowest BCUT2D eigenvalue weighted by atomic mass is 9.94. The van der Waals surface area contributed by atoms with Gasteiger partial charge in [0.25, 0.3) is 0 Å². The molecule has 2 N–H and O–H groups in total. The molecule has 86 valence electrons. The summed E-state index contributed by atoms with van der Waals surface area (Å²) in [5.74, 6) is 1.15. The Kier molecular flexibility index (Phi) is 3.29. The van der Waals surface area contributed by atoms with Gasteiger partial charge in [-0.25, -0.2) is 0 Å². The molecule has 0 spiro atoms. The fourth-order valence-electron chi connectivity index (χ4n) is 3.24. The van der Waals surface area contributed by atoms with E-state index in [0.717, 1.165) is 18.3 Å². The Hall–Kier alpha value is -0.570. The second-order valence-electron chi connectivity index (χ2n) is 5.28. The minimum absolute atomic E-state index is 0.287. The van der Waals surface area contributed by atoms with Gasteiger partial charge in [0.2, 0.25) is 0 Å². The predicted molar refractivity (Wildman–Crippen MR) is 58.7 cm³/mol. The van der Waals surface area contributed by atoms with Gasteiger partial charge >= 0.3 is 5.97 Å². The molecule has 2 bridgehead atoms. The van der Waals surface area contributed by atoms with Crippen molar-refractivity contribution in [1.82, 2.24) is 5.32 Å². The zero-order chi connectivity index (χ0) is 10.8. The van der Waals surface area contributed by atoms with E-state index >= 15 is 0 Å². The van der Waals surface area contributed by atoms with Crippen molar-refractivity contribution >= 4 is 5.97 Å². The molecule has 3 heteroatoms. The first kappa shape index (κ1) is 10.9. The molecule has 0 radical (unpaired) electrons. The molecule has 15 heavy (non-hydrogen) atoms. The molecule has 2 fully saturated rings. The summed E-state index contributed by atoms with van der Waals surface area (Å²) < 4.78 is 0. The van der Waals surface area contributed by atoms with E-state index in [0.29, 0.717) is 12.1 Å². The summed E-state index contributed by atoms with van der Waals surface area (Å²) in [7, 11) is 0. The van der Waals surface area contributed by atoms with Crippen LogP contribution in [0.25, 0.3) is 0 Å². The molecule has 0 amide bonds. The van der Waals surface area contributed by atoms with Crippen molar-refractivity contribution in [2.45, 2.75) is 57.5 Å². The van der Waals surface area contributed by atoms with E-state index in [2.05, 4.69) is 12.2 Å². The summed E-state index contributed by atoms with van der Waals surface area (Å²) in [6.45, 7) is 2.11. The van der Waals surface area contributed by atoms with Crippen LogP contribution < -0.4 is 5.32 Å². The summed E-state index contributed by atoms with van der Waals surface area (Å²) >= 11 is 0. The summed E-state index contributed by atoms with van der Waals surface area (Å²) in [5.41, 5.74) is 0. The maximum atomic E-state index is 10.4. The monoisotopic (exact) mass is 211 g/mol. The summed E-state index contributed by atoms with van der Waals surface area (Å²) in [6, 6.07) is 1.03. The second kappa shape index (κ2) is 4.52. The minimum Gasteiger partial charge on any atom is -0.481 e. The highest BCUT2D eigenvalue weighted by Crippen LogP contribution is 2.44. The average molecular weight is 211 g/mol. The van der Waals surface area contributed by atoms with Gasteiger partial charge < -0.3 is 10.4 Å². The number of hydrogen-bond donors (Lipinski definition) is 2. The second-order valence-corrected chi connectivity index (χ2v) is 5.28. The molecule has 0 aromatic carbocycles. The zero-order valence-corrected chi connectivity index (χ0v) is 9.41. The van der Waals surface area contributed by atoms with E-state index in [1.807, 2.05) is 0 Å². The SMILES string of the molecule is CC(CCC(=O)O)NC1CC2CCC1C2. The smallest absolute Gasteiger partial charge is 0.303 e. The van der Waals surface area contributed by atoms with Gasteiger partial charge in [0.15, 0.2) is 0 Å². The maximum Gasteiger partial charge on any atom is 0.303 e. The standard InChI is InChI=1S/C12H21NO2/c1-8(2-5-12(14)15)13-11-7-9-3-4-10(11)6-9/h8-11,13H,2-7H2,1H3,(H,14,15). The van der Waals surface area contributed by atoms with Gasteiger partial charge in [0.05, 0.1) is 0 Å². The van der Waals surface area contributed by atoms with Crippen LogP contribution in [-0.2, 0) is 4.79 Å². The molecule has 2 aliphatic carbocycles. The van der Waals surface area contributed by atoms with Crippen LogP contribution in [0.1, 0.15) is 45.4 Å². The van der Waals surface area contributed by atoms with Crippen molar-refractivity contribution in [2.75, 3.05) is 0 Å². The fourth-order valence-corrected chi connectivity index (χ4v) is 3.24. The van der Waals surface area contributed by atoms with Gasteiger partial charge in [-0.3, -0.25) is 4.79 Å². The Morgan fingerprint density at radius 2 is 2.27 bits per heavy atom. The number of carboxylic acids is 1.